The normalized spacial score (nSPS) is 12.3. The van der Waals surface area contributed by atoms with Crippen molar-refractivity contribution < 1.29 is 19.8 Å². The Morgan fingerprint density at radius 2 is 1.84 bits per heavy atom. The zero-order valence-electron chi connectivity index (χ0n) is 12.1. The third kappa shape index (κ3) is 6.42. The van der Waals surface area contributed by atoms with Gasteiger partial charge < -0.3 is 20.4 Å². The van der Waals surface area contributed by atoms with Crippen molar-refractivity contribution in [1.82, 2.24) is 10.2 Å². The van der Waals surface area contributed by atoms with Crippen LogP contribution in [0, 0.1) is 5.92 Å². The fourth-order valence-corrected chi connectivity index (χ4v) is 1.91. The number of aliphatic hydroxyl groups is 1. The minimum Gasteiger partial charge on any atom is -0.481 e. The highest BCUT2D eigenvalue weighted by atomic mass is 16.4. The Morgan fingerprint density at radius 1 is 1.26 bits per heavy atom. The summed E-state index contributed by atoms with van der Waals surface area (Å²) >= 11 is 0. The molecule has 0 aliphatic rings. The number of carbonyl (C=O) groups excluding carboxylic acids is 1. The zero-order chi connectivity index (χ0) is 14.8. The first-order valence-corrected chi connectivity index (χ1v) is 6.85. The van der Waals surface area contributed by atoms with Gasteiger partial charge in [-0.05, 0) is 19.3 Å². The number of carboxylic acid groups (broad SMARTS) is 1. The van der Waals surface area contributed by atoms with Crippen molar-refractivity contribution in [2.24, 2.45) is 5.92 Å². The third-order valence-electron chi connectivity index (χ3n) is 3.26. The summed E-state index contributed by atoms with van der Waals surface area (Å²) in [6.07, 6.45) is 2.06. The number of nitrogens with zero attached hydrogens (tertiary/aromatic N) is 1. The van der Waals surface area contributed by atoms with Gasteiger partial charge >= 0.3 is 12.0 Å². The van der Waals surface area contributed by atoms with Gasteiger partial charge in [0.2, 0.25) is 0 Å². The summed E-state index contributed by atoms with van der Waals surface area (Å²) in [6.45, 7) is 6.16. The van der Waals surface area contributed by atoms with Crippen molar-refractivity contribution in [3.05, 3.63) is 0 Å². The molecule has 6 nitrogen and oxygen atoms in total. The van der Waals surface area contributed by atoms with E-state index in [0.717, 1.165) is 12.8 Å². The molecule has 19 heavy (non-hydrogen) atoms. The molecule has 0 aromatic heterocycles. The van der Waals surface area contributed by atoms with E-state index in [0.29, 0.717) is 19.5 Å². The van der Waals surface area contributed by atoms with Gasteiger partial charge in [-0.15, -0.1) is 0 Å². The number of carbonyl (C=O) groups is 2. The highest BCUT2D eigenvalue weighted by molar-refractivity contribution is 5.74. The average Bonchev–Trinajstić information content (AvgIpc) is 2.38. The lowest BCUT2D eigenvalue weighted by atomic mass is 10.1. The Labute approximate surface area is 114 Å². The predicted octanol–water partition coefficient (Wildman–Crippen LogP) is 1.29. The summed E-state index contributed by atoms with van der Waals surface area (Å²) < 4.78 is 0. The SMILES string of the molecule is CCC(CC)N(CCO)C(=O)NCCC(C)C(=O)O. The van der Waals surface area contributed by atoms with Crippen LogP contribution in [0.2, 0.25) is 0 Å². The Hall–Kier alpha value is -1.30. The van der Waals surface area contributed by atoms with Crippen molar-refractivity contribution in [1.29, 1.82) is 0 Å². The topological polar surface area (TPSA) is 89.9 Å². The lowest BCUT2D eigenvalue weighted by molar-refractivity contribution is -0.141. The molecule has 1 unspecified atom stereocenters. The molecule has 0 saturated carbocycles. The molecule has 0 radical (unpaired) electrons. The van der Waals surface area contributed by atoms with E-state index in [-0.39, 0.29) is 18.7 Å². The Balaban J connectivity index is 4.29. The predicted molar refractivity (Wildman–Crippen MR) is 73.0 cm³/mol. The van der Waals surface area contributed by atoms with Crippen LogP contribution in [0.4, 0.5) is 4.79 Å². The fourth-order valence-electron chi connectivity index (χ4n) is 1.91. The molecule has 0 rings (SSSR count). The molecule has 2 amide bonds. The molecule has 1 atom stereocenters. The molecule has 0 spiro atoms. The van der Waals surface area contributed by atoms with Crippen molar-refractivity contribution in [3.8, 4) is 0 Å². The first-order valence-electron chi connectivity index (χ1n) is 6.85. The van der Waals surface area contributed by atoms with E-state index < -0.39 is 11.9 Å². The maximum atomic E-state index is 12.0. The van der Waals surface area contributed by atoms with Gasteiger partial charge in [0.1, 0.15) is 0 Å². The van der Waals surface area contributed by atoms with Gasteiger partial charge in [-0.3, -0.25) is 4.79 Å². The largest absolute Gasteiger partial charge is 0.481 e. The number of aliphatic carboxylic acids is 1. The highest BCUT2D eigenvalue weighted by Crippen LogP contribution is 2.08. The van der Waals surface area contributed by atoms with Gasteiger partial charge in [0.25, 0.3) is 0 Å². The summed E-state index contributed by atoms with van der Waals surface area (Å²) in [6, 6.07) is -0.135. The molecule has 3 N–H and O–H groups in total. The van der Waals surface area contributed by atoms with Gasteiger partial charge in [-0.1, -0.05) is 20.8 Å². The average molecular weight is 274 g/mol. The Morgan fingerprint density at radius 3 is 2.26 bits per heavy atom. The summed E-state index contributed by atoms with van der Waals surface area (Å²) in [4.78, 5) is 24.3. The summed E-state index contributed by atoms with van der Waals surface area (Å²) in [7, 11) is 0. The number of hydrogen-bond acceptors (Lipinski definition) is 3. The molecule has 0 fully saturated rings. The fraction of sp³-hybridized carbons (Fsp3) is 0.846. The number of carboxylic acids is 1. The van der Waals surface area contributed by atoms with E-state index >= 15 is 0 Å². The van der Waals surface area contributed by atoms with Crippen molar-refractivity contribution >= 4 is 12.0 Å². The maximum absolute atomic E-state index is 12.0. The number of nitrogens with one attached hydrogen (secondary N) is 1. The van der Waals surface area contributed by atoms with E-state index in [2.05, 4.69) is 5.32 Å². The van der Waals surface area contributed by atoms with Crippen LogP contribution in [0.25, 0.3) is 0 Å². The molecule has 0 aliphatic heterocycles. The highest BCUT2D eigenvalue weighted by Gasteiger charge is 2.20. The van der Waals surface area contributed by atoms with Crippen LogP contribution >= 0.6 is 0 Å². The third-order valence-corrected chi connectivity index (χ3v) is 3.26. The van der Waals surface area contributed by atoms with Crippen LogP contribution in [0.5, 0.6) is 0 Å². The monoisotopic (exact) mass is 274 g/mol. The van der Waals surface area contributed by atoms with Crippen LogP contribution in [0.3, 0.4) is 0 Å². The van der Waals surface area contributed by atoms with E-state index in [9.17, 15) is 9.59 Å². The molecule has 0 heterocycles. The molecule has 0 aromatic rings. The molecule has 6 heteroatoms. The molecule has 112 valence electrons. The Bertz CT molecular complexity index is 280. The Kier molecular flexibility index (Phi) is 8.95. The molecular formula is C13H26N2O4. The van der Waals surface area contributed by atoms with Gasteiger partial charge in [0.05, 0.1) is 12.5 Å². The smallest absolute Gasteiger partial charge is 0.317 e. The first kappa shape index (κ1) is 17.7. The number of urea groups is 1. The zero-order valence-corrected chi connectivity index (χ0v) is 12.1. The van der Waals surface area contributed by atoms with E-state index in [4.69, 9.17) is 10.2 Å². The van der Waals surface area contributed by atoms with Gasteiger partial charge in [-0.25, -0.2) is 4.79 Å². The number of amides is 2. The number of rotatable bonds is 9. The lowest BCUT2D eigenvalue weighted by Gasteiger charge is -2.30. The first-order chi connectivity index (χ1) is 8.97. The summed E-state index contributed by atoms with van der Waals surface area (Å²) in [5, 5.41) is 20.5. The number of aliphatic hydroxyl groups excluding tert-OH is 1. The molecule has 0 bridgehead atoms. The lowest BCUT2D eigenvalue weighted by Crippen LogP contribution is -2.47. The molecular weight excluding hydrogens is 248 g/mol. The van der Waals surface area contributed by atoms with Gasteiger partial charge in [0, 0.05) is 19.1 Å². The minimum atomic E-state index is -0.860. The van der Waals surface area contributed by atoms with Crippen molar-refractivity contribution in [2.75, 3.05) is 19.7 Å². The van der Waals surface area contributed by atoms with Crippen LogP contribution in [-0.4, -0.2) is 52.9 Å². The second-order valence-corrected chi connectivity index (χ2v) is 4.65. The number of hydrogen-bond donors (Lipinski definition) is 3. The minimum absolute atomic E-state index is 0.0740. The van der Waals surface area contributed by atoms with E-state index in [1.165, 1.54) is 0 Å². The van der Waals surface area contributed by atoms with E-state index in [1.54, 1.807) is 11.8 Å². The van der Waals surface area contributed by atoms with Crippen molar-refractivity contribution in [3.63, 3.8) is 0 Å². The summed E-state index contributed by atoms with van der Waals surface area (Å²) in [5.41, 5.74) is 0. The van der Waals surface area contributed by atoms with Gasteiger partial charge in [-0.2, -0.15) is 0 Å². The van der Waals surface area contributed by atoms with Crippen LogP contribution in [0.1, 0.15) is 40.0 Å². The van der Waals surface area contributed by atoms with Crippen molar-refractivity contribution in [2.45, 2.75) is 46.1 Å². The van der Waals surface area contributed by atoms with Gasteiger partial charge in [0.15, 0.2) is 0 Å². The molecule has 0 aliphatic carbocycles. The van der Waals surface area contributed by atoms with Crippen LogP contribution in [0.15, 0.2) is 0 Å². The molecule has 0 aromatic carbocycles. The standard InChI is InChI=1S/C13H26N2O4/c1-4-11(5-2)15(8-9-16)13(19)14-7-6-10(3)12(17)18/h10-11,16H,4-9H2,1-3H3,(H,14,19)(H,17,18). The van der Waals surface area contributed by atoms with E-state index in [1.807, 2.05) is 13.8 Å². The quantitative estimate of drug-likeness (QED) is 0.591. The maximum Gasteiger partial charge on any atom is 0.317 e. The van der Waals surface area contributed by atoms with Crippen LogP contribution in [-0.2, 0) is 4.79 Å². The van der Waals surface area contributed by atoms with Crippen LogP contribution < -0.4 is 5.32 Å². The second kappa shape index (κ2) is 9.61. The second-order valence-electron chi connectivity index (χ2n) is 4.65. The summed E-state index contributed by atoms with van der Waals surface area (Å²) in [5.74, 6) is -1.33. The molecule has 0 saturated heterocycles.